The average molecular weight is 426 g/mol. The number of likely N-dealkylation sites (tertiary alicyclic amines) is 1. The number of primary amides is 1. The molecule has 0 radical (unpaired) electrons. The highest BCUT2D eigenvalue weighted by Crippen LogP contribution is 2.31. The number of amides is 2. The van der Waals surface area contributed by atoms with E-state index in [9.17, 15) is 9.59 Å². The molecule has 31 heavy (non-hydrogen) atoms. The van der Waals surface area contributed by atoms with Crippen LogP contribution in [0.25, 0.3) is 0 Å². The van der Waals surface area contributed by atoms with E-state index in [1.54, 1.807) is 14.2 Å². The molecule has 0 spiro atoms. The molecule has 1 fully saturated rings. The van der Waals surface area contributed by atoms with Gasteiger partial charge in [-0.05, 0) is 49.1 Å². The monoisotopic (exact) mass is 425 g/mol. The van der Waals surface area contributed by atoms with Crippen LogP contribution in [0.15, 0.2) is 42.5 Å². The van der Waals surface area contributed by atoms with Gasteiger partial charge in [0.15, 0.2) is 11.5 Å². The Bertz CT molecular complexity index is 915. The highest BCUT2D eigenvalue weighted by molar-refractivity contribution is 5.91. The molecule has 1 saturated heterocycles. The minimum Gasteiger partial charge on any atom is -0.493 e. The highest BCUT2D eigenvalue weighted by atomic mass is 16.5. The van der Waals surface area contributed by atoms with Crippen molar-refractivity contribution in [3.05, 3.63) is 53.6 Å². The van der Waals surface area contributed by atoms with Crippen LogP contribution in [0.5, 0.6) is 11.5 Å². The summed E-state index contributed by atoms with van der Waals surface area (Å²) in [4.78, 5) is 26.5. The molecule has 1 aliphatic heterocycles. The third-order valence-corrected chi connectivity index (χ3v) is 5.70. The van der Waals surface area contributed by atoms with Crippen molar-refractivity contribution in [3.63, 3.8) is 0 Å². The first-order valence-electron chi connectivity index (χ1n) is 10.6. The molecule has 1 aliphatic rings. The maximum absolute atomic E-state index is 12.7. The molecule has 0 saturated carbocycles. The van der Waals surface area contributed by atoms with Crippen LogP contribution in [-0.4, -0.2) is 44.0 Å². The molecule has 7 heteroatoms. The van der Waals surface area contributed by atoms with Crippen LogP contribution in [0.4, 0.5) is 5.69 Å². The van der Waals surface area contributed by atoms with Crippen LogP contribution >= 0.6 is 0 Å². The number of nitrogens with one attached hydrogen (secondary N) is 1. The van der Waals surface area contributed by atoms with E-state index in [1.807, 2.05) is 42.5 Å². The zero-order chi connectivity index (χ0) is 22.2. The van der Waals surface area contributed by atoms with E-state index in [4.69, 9.17) is 15.2 Å². The van der Waals surface area contributed by atoms with E-state index in [2.05, 4.69) is 10.2 Å². The normalized spacial score (nSPS) is 16.5. The number of hydrogen-bond acceptors (Lipinski definition) is 5. The van der Waals surface area contributed by atoms with E-state index in [0.29, 0.717) is 37.4 Å². The summed E-state index contributed by atoms with van der Waals surface area (Å²) in [5.41, 5.74) is 8.25. The number of rotatable bonds is 9. The molecule has 2 aromatic rings. The van der Waals surface area contributed by atoms with Gasteiger partial charge in [-0.15, -0.1) is 0 Å². The third kappa shape index (κ3) is 5.98. The summed E-state index contributed by atoms with van der Waals surface area (Å²) in [7, 11) is 3.19. The van der Waals surface area contributed by atoms with Gasteiger partial charge >= 0.3 is 0 Å². The van der Waals surface area contributed by atoms with E-state index >= 15 is 0 Å². The van der Waals surface area contributed by atoms with Crippen molar-refractivity contribution in [1.29, 1.82) is 0 Å². The average Bonchev–Trinajstić information content (AvgIpc) is 2.78. The molecule has 3 N–H and O–H groups in total. The first kappa shape index (κ1) is 22.6. The summed E-state index contributed by atoms with van der Waals surface area (Å²) in [5, 5.41) is 3.04. The summed E-state index contributed by atoms with van der Waals surface area (Å²) in [6, 6.07) is 13.5. The minimum absolute atomic E-state index is 0.0639. The lowest BCUT2D eigenvalue weighted by molar-refractivity contribution is -0.123. The standard InChI is InChI=1S/C24H31N3O4/c1-30-21-11-5-8-17(23(21)31-2)12-13-22(28)26-20-10-4-3-7-18(20)15-27-14-6-9-19(16-27)24(25)29/h3-5,7-8,10-11,19H,6,9,12-16H2,1-2H3,(H2,25,29)(H,26,28). The number of anilines is 1. The van der Waals surface area contributed by atoms with E-state index in [1.165, 1.54) is 0 Å². The molecule has 7 nitrogen and oxygen atoms in total. The second-order valence-electron chi connectivity index (χ2n) is 7.83. The molecule has 0 aromatic heterocycles. The summed E-state index contributed by atoms with van der Waals surface area (Å²) in [5.74, 6) is 0.910. The smallest absolute Gasteiger partial charge is 0.224 e. The lowest BCUT2D eigenvalue weighted by Crippen LogP contribution is -2.40. The SMILES string of the molecule is COc1cccc(CCC(=O)Nc2ccccc2CN2CCCC(C(N)=O)C2)c1OC. The molecule has 0 aliphatic carbocycles. The van der Waals surface area contributed by atoms with Gasteiger partial charge in [-0.2, -0.15) is 0 Å². The van der Waals surface area contributed by atoms with Gasteiger partial charge in [0.25, 0.3) is 0 Å². The van der Waals surface area contributed by atoms with Gasteiger partial charge in [0, 0.05) is 25.2 Å². The first-order valence-corrected chi connectivity index (χ1v) is 10.6. The molecular weight excluding hydrogens is 394 g/mol. The van der Waals surface area contributed by atoms with Crippen molar-refractivity contribution < 1.29 is 19.1 Å². The Morgan fingerprint density at radius 3 is 2.61 bits per heavy atom. The van der Waals surface area contributed by atoms with E-state index in [0.717, 1.165) is 36.2 Å². The molecule has 1 atom stereocenters. The Hall–Kier alpha value is -3.06. The number of para-hydroxylation sites is 2. The van der Waals surface area contributed by atoms with E-state index in [-0.39, 0.29) is 17.7 Å². The zero-order valence-electron chi connectivity index (χ0n) is 18.2. The highest BCUT2D eigenvalue weighted by Gasteiger charge is 2.24. The van der Waals surface area contributed by atoms with Gasteiger partial charge in [0.1, 0.15) is 0 Å². The predicted octanol–water partition coefficient (Wildman–Crippen LogP) is 2.97. The van der Waals surface area contributed by atoms with Gasteiger partial charge in [0.05, 0.1) is 20.1 Å². The van der Waals surface area contributed by atoms with Crippen molar-refractivity contribution in [3.8, 4) is 11.5 Å². The number of methoxy groups -OCH3 is 2. The molecule has 1 heterocycles. The fraction of sp³-hybridized carbons (Fsp3) is 0.417. The number of piperidine rings is 1. The van der Waals surface area contributed by atoms with Gasteiger partial charge in [0.2, 0.25) is 11.8 Å². The minimum atomic E-state index is -0.237. The summed E-state index contributed by atoms with van der Waals surface area (Å²) in [6.07, 6.45) is 2.66. The lowest BCUT2D eigenvalue weighted by atomic mass is 9.97. The van der Waals surface area contributed by atoms with Crippen molar-refractivity contribution in [2.45, 2.75) is 32.2 Å². The number of benzene rings is 2. The van der Waals surface area contributed by atoms with Crippen LogP contribution in [-0.2, 0) is 22.6 Å². The Kier molecular flexibility index (Phi) is 7.89. The van der Waals surface area contributed by atoms with Crippen LogP contribution < -0.4 is 20.5 Å². The maximum Gasteiger partial charge on any atom is 0.224 e. The fourth-order valence-corrected chi connectivity index (χ4v) is 4.06. The van der Waals surface area contributed by atoms with Crippen molar-refractivity contribution in [2.24, 2.45) is 11.7 Å². The predicted molar refractivity (Wildman–Crippen MR) is 120 cm³/mol. The van der Waals surface area contributed by atoms with Gasteiger partial charge < -0.3 is 20.5 Å². The number of carbonyl (C=O) groups excluding carboxylic acids is 2. The molecular formula is C24H31N3O4. The number of hydrogen-bond donors (Lipinski definition) is 2. The molecule has 3 rings (SSSR count). The molecule has 2 aromatic carbocycles. The molecule has 166 valence electrons. The second-order valence-corrected chi connectivity index (χ2v) is 7.83. The fourth-order valence-electron chi connectivity index (χ4n) is 4.06. The Balaban J connectivity index is 1.62. The maximum atomic E-state index is 12.7. The van der Waals surface area contributed by atoms with Crippen molar-refractivity contribution in [1.82, 2.24) is 4.90 Å². The van der Waals surface area contributed by atoms with Crippen molar-refractivity contribution in [2.75, 3.05) is 32.6 Å². The number of ether oxygens (including phenoxy) is 2. The van der Waals surface area contributed by atoms with Crippen molar-refractivity contribution >= 4 is 17.5 Å². The summed E-state index contributed by atoms with van der Waals surface area (Å²) >= 11 is 0. The Labute approximate surface area is 183 Å². The first-order chi connectivity index (χ1) is 15.0. The Morgan fingerprint density at radius 1 is 1.10 bits per heavy atom. The second kappa shape index (κ2) is 10.8. The molecule has 1 unspecified atom stereocenters. The van der Waals surface area contributed by atoms with Gasteiger partial charge in [-0.25, -0.2) is 0 Å². The summed E-state index contributed by atoms with van der Waals surface area (Å²) < 4.78 is 10.8. The van der Waals surface area contributed by atoms with E-state index < -0.39 is 0 Å². The quantitative estimate of drug-likeness (QED) is 0.644. The van der Waals surface area contributed by atoms with Gasteiger partial charge in [-0.1, -0.05) is 30.3 Å². The zero-order valence-corrected chi connectivity index (χ0v) is 18.2. The van der Waals surface area contributed by atoms with Crippen LogP contribution in [0.1, 0.15) is 30.4 Å². The third-order valence-electron chi connectivity index (χ3n) is 5.70. The number of nitrogens with zero attached hydrogens (tertiary/aromatic N) is 1. The van der Waals surface area contributed by atoms with Crippen LogP contribution in [0.2, 0.25) is 0 Å². The van der Waals surface area contributed by atoms with Crippen LogP contribution in [0.3, 0.4) is 0 Å². The summed E-state index contributed by atoms with van der Waals surface area (Å²) in [6.45, 7) is 2.25. The number of aryl methyl sites for hydroxylation is 1. The number of nitrogens with two attached hydrogens (primary N) is 1. The molecule has 0 bridgehead atoms. The largest absolute Gasteiger partial charge is 0.493 e. The molecule has 2 amide bonds. The lowest BCUT2D eigenvalue weighted by Gasteiger charge is -2.31. The van der Waals surface area contributed by atoms with Crippen LogP contribution in [0, 0.1) is 5.92 Å². The topological polar surface area (TPSA) is 93.9 Å². The Morgan fingerprint density at radius 2 is 1.87 bits per heavy atom. The number of carbonyl (C=O) groups is 2. The van der Waals surface area contributed by atoms with Gasteiger partial charge in [-0.3, -0.25) is 14.5 Å².